The van der Waals surface area contributed by atoms with Crippen LogP contribution in [-0.4, -0.2) is 4.68 Å². The van der Waals surface area contributed by atoms with Crippen molar-refractivity contribution in [2.24, 2.45) is 0 Å². The van der Waals surface area contributed by atoms with Crippen molar-refractivity contribution in [3.8, 4) is 0 Å². The minimum absolute atomic E-state index is 0.844. The molecular formula is C10H9N3S. The lowest BCUT2D eigenvalue weighted by molar-refractivity contribution is 1.07. The topological polar surface area (TPSA) is 57.0 Å². The summed E-state index contributed by atoms with van der Waals surface area (Å²) in [7, 11) is 0. The van der Waals surface area contributed by atoms with Crippen molar-refractivity contribution in [2.75, 3.05) is 11.6 Å². The Morgan fingerprint density at radius 1 is 1.29 bits per heavy atom. The van der Waals surface area contributed by atoms with E-state index in [2.05, 4.69) is 12.1 Å². The Morgan fingerprint density at radius 3 is 3.00 bits per heavy atom. The Hall–Kier alpha value is -1.68. The number of fused-ring (bicyclic) bond motifs is 2. The lowest BCUT2D eigenvalue weighted by atomic mass is 10.2. The van der Waals surface area contributed by atoms with Crippen LogP contribution in [0, 0.1) is 0 Å². The zero-order valence-corrected chi connectivity index (χ0v) is 8.21. The van der Waals surface area contributed by atoms with Crippen molar-refractivity contribution in [1.29, 1.82) is 0 Å². The van der Waals surface area contributed by atoms with Gasteiger partial charge in [0.2, 0.25) is 0 Å². The molecule has 0 bridgehead atoms. The molecule has 0 aliphatic heterocycles. The standard InChI is InChI=1S/C10H9N3S/c11-8-5-14-10-4-9-6(3-7(8)10)1-2-13(9)12/h1-5H,11-12H2. The maximum atomic E-state index is 5.85. The third-order valence-electron chi connectivity index (χ3n) is 2.45. The molecule has 1 aromatic carbocycles. The van der Waals surface area contributed by atoms with E-state index in [4.69, 9.17) is 11.6 Å². The van der Waals surface area contributed by atoms with Crippen LogP contribution in [0.1, 0.15) is 0 Å². The predicted molar refractivity (Wildman–Crippen MR) is 61.9 cm³/mol. The highest BCUT2D eigenvalue weighted by molar-refractivity contribution is 7.17. The summed E-state index contributed by atoms with van der Waals surface area (Å²) in [6.07, 6.45) is 1.85. The molecule has 0 atom stereocenters. The van der Waals surface area contributed by atoms with E-state index in [1.165, 1.54) is 4.70 Å². The number of anilines is 1. The number of nitrogens with two attached hydrogens (primary N) is 2. The molecule has 3 aromatic rings. The number of thiophene rings is 1. The third kappa shape index (κ3) is 0.858. The lowest BCUT2D eigenvalue weighted by Gasteiger charge is -1.97. The SMILES string of the molecule is Nc1csc2cc3c(ccn3N)cc12. The van der Waals surface area contributed by atoms with E-state index in [0.717, 1.165) is 22.0 Å². The Balaban J connectivity index is 2.56. The lowest BCUT2D eigenvalue weighted by Crippen LogP contribution is -2.04. The molecule has 0 radical (unpaired) electrons. The average Bonchev–Trinajstić information content (AvgIpc) is 2.71. The molecule has 0 amide bonds. The highest BCUT2D eigenvalue weighted by Gasteiger charge is 2.05. The van der Waals surface area contributed by atoms with Crippen molar-refractivity contribution < 1.29 is 0 Å². The van der Waals surface area contributed by atoms with Crippen LogP contribution >= 0.6 is 11.3 Å². The molecule has 14 heavy (non-hydrogen) atoms. The van der Waals surface area contributed by atoms with Crippen molar-refractivity contribution >= 4 is 38.0 Å². The Bertz CT molecular complexity index is 564. The van der Waals surface area contributed by atoms with Gasteiger partial charge in [-0.3, -0.25) is 4.68 Å². The summed E-state index contributed by atoms with van der Waals surface area (Å²) in [6.45, 7) is 0. The first kappa shape index (κ1) is 7.70. The third-order valence-corrected chi connectivity index (χ3v) is 3.41. The molecule has 3 nitrogen and oxygen atoms in total. The van der Waals surface area contributed by atoms with Crippen molar-refractivity contribution in [3.05, 3.63) is 29.8 Å². The number of aromatic nitrogens is 1. The van der Waals surface area contributed by atoms with Crippen LogP contribution in [0.5, 0.6) is 0 Å². The maximum absolute atomic E-state index is 5.85. The molecular weight excluding hydrogens is 194 g/mol. The van der Waals surface area contributed by atoms with Crippen LogP contribution in [0.25, 0.3) is 21.0 Å². The molecule has 0 unspecified atom stereocenters. The smallest absolute Gasteiger partial charge is 0.0704 e. The quantitative estimate of drug-likeness (QED) is 0.550. The highest BCUT2D eigenvalue weighted by atomic mass is 32.1. The number of benzene rings is 1. The van der Waals surface area contributed by atoms with Crippen molar-refractivity contribution in [3.63, 3.8) is 0 Å². The molecule has 2 aromatic heterocycles. The summed E-state index contributed by atoms with van der Waals surface area (Å²) in [4.78, 5) is 0. The fourth-order valence-electron chi connectivity index (χ4n) is 1.70. The molecule has 3 rings (SSSR count). The molecule has 2 heterocycles. The van der Waals surface area contributed by atoms with Crippen LogP contribution in [-0.2, 0) is 0 Å². The molecule has 70 valence electrons. The summed E-state index contributed by atoms with van der Waals surface area (Å²) < 4.78 is 2.81. The van der Waals surface area contributed by atoms with Gasteiger partial charge in [-0.05, 0) is 18.2 Å². The molecule has 0 aliphatic carbocycles. The van der Waals surface area contributed by atoms with E-state index in [1.54, 1.807) is 16.0 Å². The second-order valence-corrected chi connectivity index (χ2v) is 4.23. The van der Waals surface area contributed by atoms with Gasteiger partial charge in [0.25, 0.3) is 0 Å². The summed E-state index contributed by atoms with van der Waals surface area (Å²) >= 11 is 1.65. The fourth-order valence-corrected chi connectivity index (χ4v) is 2.56. The van der Waals surface area contributed by atoms with E-state index < -0.39 is 0 Å². The minimum Gasteiger partial charge on any atom is -0.398 e. The van der Waals surface area contributed by atoms with E-state index in [-0.39, 0.29) is 0 Å². The van der Waals surface area contributed by atoms with Gasteiger partial charge >= 0.3 is 0 Å². The van der Waals surface area contributed by atoms with Gasteiger partial charge in [0.05, 0.1) is 11.2 Å². The van der Waals surface area contributed by atoms with Crippen molar-refractivity contribution in [2.45, 2.75) is 0 Å². The van der Waals surface area contributed by atoms with Crippen LogP contribution in [0.3, 0.4) is 0 Å². The first-order chi connectivity index (χ1) is 6.75. The van der Waals surface area contributed by atoms with Gasteiger partial charge in [0.1, 0.15) is 0 Å². The second kappa shape index (κ2) is 2.42. The number of rotatable bonds is 0. The molecule has 0 fully saturated rings. The molecule has 4 heteroatoms. The zero-order chi connectivity index (χ0) is 9.71. The van der Waals surface area contributed by atoms with Gasteiger partial charge in [-0.25, -0.2) is 0 Å². The van der Waals surface area contributed by atoms with Gasteiger partial charge in [-0.1, -0.05) is 0 Å². The van der Waals surface area contributed by atoms with Gasteiger partial charge in [0, 0.05) is 27.0 Å². The Labute approximate surface area is 84.5 Å². The van der Waals surface area contributed by atoms with Crippen LogP contribution in [0.15, 0.2) is 29.8 Å². The average molecular weight is 203 g/mol. The number of hydrogen-bond acceptors (Lipinski definition) is 3. The Kier molecular flexibility index (Phi) is 1.33. The van der Waals surface area contributed by atoms with Crippen LogP contribution < -0.4 is 11.6 Å². The molecule has 0 spiro atoms. The van der Waals surface area contributed by atoms with Gasteiger partial charge in [-0.15, -0.1) is 11.3 Å². The Morgan fingerprint density at radius 2 is 2.14 bits per heavy atom. The fraction of sp³-hybridized carbons (Fsp3) is 0. The van der Waals surface area contributed by atoms with Gasteiger partial charge < -0.3 is 11.6 Å². The molecule has 4 N–H and O–H groups in total. The summed E-state index contributed by atoms with van der Waals surface area (Å²) in [5.41, 5.74) is 7.73. The second-order valence-electron chi connectivity index (χ2n) is 3.32. The zero-order valence-electron chi connectivity index (χ0n) is 7.40. The number of nitrogens with zero attached hydrogens (tertiary/aromatic N) is 1. The van der Waals surface area contributed by atoms with Crippen LogP contribution in [0.2, 0.25) is 0 Å². The van der Waals surface area contributed by atoms with E-state index >= 15 is 0 Å². The van der Waals surface area contributed by atoms with Gasteiger partial charge in [0.15, 0.2) is 0 Å². The first-order valence-electron chi connectivity index (χ1n) is 4.28. The molecule has 0 saturated carbocycles. The normalized spacial score (nSPS) is 11.4. The largest absolute Gasteiger partial charge is 0.398 e. The summed E-state index contributed by atoms with van der Waals surface area (Å²) in [6, 6.07) is 6.15. The van der Waals surface area contributed by atoms with E-state index in [1.807, 2.05) is 17.6 Å². The van der Waals surface area contributed by atoms with Crippen molar-refractivity contribution in [1.82, 2.24) is 4.68 Å². The van der Waals surface area contributed by atoms with Gasteiger partial charge in [-0.2, -0.15) is 0 Å². The monoisotopic (exact) mass is 203 g/mol. The molecule has 0 saturated heterocycles. The minimum atomic E-state index is 0.844. The van der Waals surface area contributed by atoms with E-state index in [9.17, 15) is 0 Å². The predicted octanol–water partition coefficient (Wildman–Crippen LogP) is 2.15. The number of hydrogen-bond donors (Lipinski definition) is 2. The van der Waals surface area contributed by atoms with Crippen LogP contribution in [0.4, 0.5) is 5.69 Å². The summed E-state index contributed by atoms with van der Waals surface area (Å²) in [5.74, 6) is 5.76. The molecule has 0 aliphatic rings. The summed E-state index contributed by atoms with van der Waals surface area (Å²) in [5, 5.41) is 4.21. The first-order valence-corrected chi connectivity index (χ1v) is 5.16. The number of nitrogen functional groups attached to an aromatic ring is 2. The highest BCUT2D eigenvalue weighted by Crippen LogP contribution is 2.31. The maximum Gasteiger partial charge on any atom is 0.0704 e. The van der Waals surface area contributed by atoms with E-state index in [0.29, 0.717) is 0 Å².